The van der Waals surface area contributed by atoms with Crippen LogP contribution < -0.4 is 5.43 Å². The van der Waals surface area contributed by atoms with Crippen LogP contribution in [-0.4, -0.2) is 16.8 Å². The van der Waals surface area contributed by atoms with Crippen molar-refractivity contribution in [2.24, 2.45) is 11.8 Å². The van der Waals surface area contributed by atoms with Gasteiger partial charge < -0.3 is 0 Å². The van der Waals surface area contributed by atoms with Crippen molar-refractivity contribution in [3.63, 3.8) is 0 Å². The third-order valence-corrected chi connectivity index (χ3v) is 4.84. The van der Waals surface area contributed by atoms with Gasteiger partial charge in [-0.25, -0.2) is 0 Å². The predicted molar refractivity (Wildman–Crippen MR) is 74.8 cm³/mol. The molecular weight excluding hydrogens is 309 g/mol. The number of anilines is 1. The minimum atomic E-state index is -4.48. The first-order chi connectivity index (χ1) is 10.9. The molecule has 1 aromatic carbocycles. The summed E-state index contributed by atoms with van der Waals surface area (Å²) < 4.78 is 38.3. The van der Waals surface area contributed by atoms with Crippen LogP contribution in [0, 0.1) is 11.8 Å². The molecular formula is C16H13F3N2O2. The van der Waals surface area contributed by atoms with E-state index in [0.717, 1.165) is 42.0 Å². The zero-order valence-corrected chi connectivity index (χ0v) is 12.0. The van der Waals surface area contributed by atoms with Crippen molar-refractivity contribution >= 4 is 17.5 Å². The summed E-state index contributed by atoms with van der Waals surface area (Å²) in [6.45, 7) is 0. The lowest BCUT2D eigenvalue weighted by Gasteiger charge is -2.19. The number of carbonyl (C=O) groups is 2. The maximum atomic E-state index is 12.8. The summed E-state index contributed by atoms with van der Waals surface area (Å²) in [5.74, 6) is -1.02. The van der Waals surface area contributed by atoms with Crippen molar-refractivity contribution < 1.29 is 22.8 Å². The lowest BCUT2D eigenvalue weighted by atomic mass is 9.88. The third-order valence-electron chi connectivity index (χ3n) is 4.84. The molecule has 3 aliphatic rings. The minimum absolute atomic E-state index is 0.0689. The lowest BCUT2D eigenvalue weighted by Crippen LogP contribution is -2.37. The van der Waals surface area contributed by atoms with E-state index < -0.39 is 23.6 Å². The van der Waals surface area contributed by atoms with Crippen LogP contribution in [0.3, 0.4) is 0 Å². The number of nitrogens with zero attached hydrogens (tertiary/aromatic N) is 1. The predicted octanol–water partition coefficient (Wildman–Crippen LogP) is 3.13. The molecule has 4 nitrogen and oxygen atoms in total. The lowest BCUT2D eigenvalue weighted by molar-refractivity contribution is -0.138. The summed E-state index contributed by atoms with van der Waals surface area (Å²) in [6.07, 6.45) is -1.93. The molecule has 2 amide bonds. The van der Waals surface area contributed by atoms with Crippen LogP contribution in [0.4, 0.5) is 18.9 Å². The summed E-state index contributed by atoms with van der Waals surface area (Å²) in [5.41, 5.74) is 3.38. The molecule has 120 valence electrons. The molecule has 1 aromatic rings. The number of nitrogens with one attached hydrogen (secondary N) is 1. The molecule has 0 unspecified atom stereocenters. The number of amides is 2. The number of fused-ring (bicyclic) bond motifs is 4. The number of carbonyl (C=O) groups excluding carboxylic acids is 2. The SMILES string of the molecule is O=C1C2=C3CC[C@@H](C3)[C@@H]2C(=O)N1Nc1cccc(C(F)(F)F)c1. The fourth-order valence-electron chi connectivity index (χ4n) is 3.83. The second kappa shape index (κ2) is 4.59. The van der Waals surface area contributed by atoms with E-state index in [2.05, 4.69) is 5.43 Å². The molecule has 1 saturated heterocycles. The van der Waals surface area contributed by atoms with Crippen LogP contribution in [0.1, 0.15) is 24.8 Å². The Morgan fingerprint density at radius 3 is 2.70 bits per heavy atom. The molecule has 1 heterocycles. The van der Waals surface area contributed by atoms with E-state index in [-0.39, 0.29) is 17.5 Å². The molecule has 1 aliphatic heterocycles. The smallest absolute Gasteiger partial charge is 0.289 e. The minimum Gasteiger partial charge on any atom is -0.289 e. The van der Waals surface area contributed by atoms with Crippen LogP contribution >= 0.6 is 0 Å². The van der Waals surface area contributed by atoms with Gasteiger partial charge in [0.15, 0.2) is 0 Å². The van der Waals surface area contributed by atoms with Gasteiger partial charge in [-0.1, -0.05) is 11.6 Å². The molecule has 23 heavy (non-hydrogen) atoms. The Bertz CT molecular complexity index is 754. The topological polar surface area (TPSA) is 49.4 Å². The van der Waals surface area contributed by atoms with E-state index >= 15 is 0 Å². The highest BCUT2D eigenvalue weighted by atomic mass is 19.4. The number of hydrazine groups is 1. The average molecular weight is 322 g/mol. The second-order valence-corrected chi connectivity index (χ2v) is 6.17. The Kier molecular flexibility index (Phi) is 2.86. The Hall–Kier alpha value is -2.31. The van der Waals surface area contributed by atoms with Crippen molar-refractivity contribution in [1.82, 2.24) is 5.01 Å². The van der Waals surface area contributed by atoms with E-state index in [9.17, 15) is 22.8 Å². The normalized spacial score (nSPS) is 26.3. The van der Waals surface area contributed by atoms with Gasteiger partial charge >= 0.3 is 6.18 Å². The van der Waals surface area contributed by atoms with Crippen molar-refractivity contribution in [1.29, 1.82) is 0 Å². The van der Waals surface area contributed by atoms with Crippen LogP contribution in [0.2, 0.25) is 0 Å². The number of hydrogen-bond acceptors (Lipinski definition) is 3. The van der Waals surface area contributed by atoms with Gasteiger partial charge in [0.25, 0.3) is 11.8 Å². The van der Waals surface area contributed by atoms with Gasteiger partial charge in [0, 0.05) is 5.57 Å². The van der Waals surface area contributed by atoms with E-state index in [0.29, 0.717) is 5.57 Å². The first-order valence-corrected chi connectivity index (χ1v) is 7.40. The fourth-order valence-corrected chi connectivity index (χ4v) is 3.83. The average Bonchev–Trinajstić information content (AvgIpc) is 3.17. The van der Waals surface area contributed by atoms with Crippen LogP contribution in [0.5, 0.6) is 0 Å². The maximum Gasteiger partial charge on any atom is 0.416 e. The zero-order chi connectivity index (χ0) is 16.4. The van der Waals surface area contributed by atoms with Crippen molar-refractivity contribution in [2.75, 3.05) is 5.43 Å². The number of hydrogen-bond donors (Lipinski definition) is 1. The molecule has 1 N–H and O–H groups in total. The molecule has 4 rings (SSSR count). The van der Waals surface area contributed by atoms with E-state index in [1.165, 1.54) is 12.1 Å². The van der Waals surface area contributed by atoms with Gasteiger partial charge in [-0.05, 0) is 43.4 Å². The Labute approximate surface area is 129 Å². The highest BCUT2D eigenvalue weighted by molar-refractivity contribution is 6.16. The first kappa shape index (κ1) is 14.3. The van der Waals surface area contributed by atoms with Crippen LogP contribution in [0.25, 0.3) is 0 Å². The van der Waals surface area contributed by atoms with Crippen molar-refractivity contribution in [2.45, 2.75) is 25.4 Å². The van der Waals surface area contributed by atoms with Gasteiger partial charge in [-0.15, -0.1) is 0 Å². The molecule has 0 aromatic heterocycles. The van der Waals surface area contributed by atoms with Gasteiger partial charge in [0.1, 0.15) is 0 Å². The van der Waals surface area contributed by atoms with Gasteiger partial charge in [0.05, 0.1) is 17.2 Å². The maximum absolute atomic E-state index is 12.8. The van der Waals surface area contributed by atoms with Crippen molar-refractivity contribution in [3.05, 3.63) is 41.0 Å². The summed E-state index contributed by atoms with van der Waals surface area (Å²) >= 11 is 0. The molecule has 2 bridgehead atoms. The number of rotatable bonds is 2. The van der Waals surface area contributed by atoms with E-state index in [4.69, 9.17) is 0 Å². The molecule has 2 atom stereocenters. The highest BCUT2D eigenvalue weighted by Crippen LogP contribution is 2.52. The number of halogens is 3. The Morgan fingerprint density at radius 1 is 1.22 bits per heavy atom. The van der Waals surface area contributed by atoms with Gasteiger partial charge in [-0.3, -0.25) is 15.0 Å². The molecule has 1 saturated carbocycles. The quantitative estimate of drug-likeness (QED) is 0.851. The first-order valence-electron chi connectivity index (χ1n) is 7.40. The highest BCUT2D eigenvalue weighted by Gasteiger charge is 2.54. The monoisotopic (exact) mass is 322 g/mol. The summed E-state index contributed by atoms with van der Waals surface area (Å²) in [7, 11) is 0. The zero-order valence-electron chi connectivity index (χ0n) is 12.0. The molecule has 0 radical (unpaired) electrons. The summed E-state index contributed by atoms with van der Waals surface area (Å²) in [6, 6.07) is 4.47. The number of imide groups is 1. The van der Waals surface area contributed by atoms with Gasteiger partial charge in [-0.2, -0.15) is 18.2 Å². The molecule has 2 fully saturated rings. The summed E-state index contributed by atoms with van der Waals surface area (Å²) in [5, 5.41) is 0.868. The van der Waals surface area contributed by atoms with E-state index in [1.54, 1.807) is 0 Å². The molecule has 2 aliphatic carbocycles. The summed E-state index contributed by atoms with van der Waals surface area (Å²) in [4.78, 5) is 24.9. The number of alkyl halides is 3. The number of benzene rings is 1. The fraction of sp³-hybridized carbons (Fsp3) is 0.375. The standard InChI is InChI=1S/C16H13F3N2O2/c17-16(18,19)10-2-1-3-11(7-10)20-21-14(22)12-8-4-5-9(6-8)13(12)15(21)23/h1-3,7-8,12,20H,4-6H2/t8-,12-/m0/s1. The Balaban J connectivity index is 1.62. The van der Waals surface area contributed by atoms with Crippen LogP contribution in [-0.2, 0) is 15.8 Å². The second-order valence-electron chi connectivity index (χ2n) is 6.17. The largest absolute Gasteiger partial charge is 0.416 e. The number of allylic oxidation sites excluding steroid dienone is 1. The molecule has 0 spiro atoms. The van der Waals surface area contributed by atoms with Gasteiger partial charge in [0.2, 0.25) is 0 Å². The van der Waals surface area contributed by atoms with Crippen LogP contribution in [0.15, 0.2) is 35.4 Å². The van der Waals surface area contributed by atoms with E-state index in [1.807, 2.05) is 0 Å². The van der Waals surface area contributed by atoms with Crippen molar-refractivity contribution in [3.8, 4) is 0 Å². The third kappa shape index (κ3) is 2.06. The molecule has 7 heteroatoms. The Morgan fingerprint density at radius 2 is 2.00 bits per heavy atom.